The van der Waals surface area contributed by atoms with Crippen molar-refractivity contribution in [1.29, 1.82) is 0 Å². The molecule has 5 nitrogen and oxygen atoms in total. The molecular formula is C30H44N4OS. The van der Waals surface area contributed by atoms with Gasteiger partial charge in [0.05, 0.1) is 5.92 Å². The Hall–Kier alpha value is -1.50. The van der Waals surface area contributed by atoms with Crippen LogP contribution in [0, 0.1) is 17.3 Å². The number of piperidine rings is 1. The van der Waals surface area contributed by atoms with E-state index in [1.165, 1.54) is 54.7 Å². The van der Waals surface area contributed by atoms with Gasteiger partial charge in [-0.2, -0.15) is 0 Å². The molecule has 1 aromatic rings. The van der Waals surface area contributed by atoms with Gasteiger partial charge in [0, 0.05) is 41.7 Å². The van der Waals surface area contributed by atoms with Crippen molar-refractivity contribution < 1.29 is 4.79 Å². The molecule has 0 aromatic heterocycles. The third-order valence-corrected chi connectivity index (χ3v) is 11.6. The molecule has 2 N–H and O–H groups in total. The maximum Gasteiger partial charge on any atom is 0.228 e. The summed E-state index contributed by atoms with van der Waals surface area (Å²) in [5.74, 6) is 1.76. The van der Waals surface area contributed by atoms with E-state index in [4.69, 9.17) is 0 Å². The zero-order valence-corrected chi connectivity index (χ0v) is 23.0. The molecule has 1 unspecified atom stereocenters. The van der Waals surface area contributed by atoms with E-state index in [0.29, 0.717) is 23.8 Å². The lowest BCUT2D eigenvalue weighted by atomic mass is 9.69. The molecular weight excluding hydrogens is 464 g/mol. The second-order valence-electron chi connectivity index (χ2n) is 12.2. The number of carbonyl (C=O) groups excluding carboxylic acids is 1. The first-order valence-corrected chi connectivity index (χ1v) is 15.3. The van der Waals surface area contributed by atoms with Crippen molar-refractivity contribution in [1.82, 2.24) is 20.4 Å². The Morgan fingerprint density at radius 3 is 2.67 bits per heavy atom. The molecule has 3 aliphatic heterocycles. The highest BCUT2D eigenvalue weighted by atomic mass is 32.2. The minimum Gasteiger partial charge on any atom is -0.364 e. The summed E-state index contributed by atoms with van der Waals surface area (Å²) in [6, 6.07) is 11.5. The third-order valence-electron chi connectivity index (χ3n) is 9.92. The summed E-state index contributed by atoms with van der Waals surface area (Å²) in [6.45, 7) is 2.70. The first-order chi connectivity index (χ1) is 17.6. The van der Waals surface area contributed by atoms with Crippen LogP contribution in [-0.4, -0.2) is 61.0 Å². The number of rotatable bonds is 4. The Morgan fingerprint density at radius 1 is 1.08 bits per heavy atom. The minimum atomic E-state index is -0.0273. The van der Waals surface area contributed by atoms with Crippen LogP contribution in [0.1, 0.15) is 75.7 Å². The summed E-state index contributed by atoms with van der Waals surface area (Å²) < 4.78 is 0. The van der Waals surface area contributed by atoms with Gasteiger partial charge in [-0.3, -0.25) is 9.69 Å². The molecule has 0 bridgehead atoms. The molecule has 3 heterocycles. The average Bonchev–Trinajstić information content (AvgIpc) is 3.55. The fourth-order valence-electron chi connectivity index (χ4n) is 8.01. The second kappa shape index (κ2) is 10.3. The van der Waals surface area contributed by atoms with Crippen LogP contribution in [0.4, 0.5) is 0 Å². The number of fused-ring (bicyclic) bond motifs is 1. The molecule has 5 atom stereocenters. The number of nitrogens with zero attached hydrogens (tertiary/aromatic N) is 2. The number of hydrogen-bond acceptors (Lipinski definition) is 5. The topological polar surface area (TPSA) is 47.6 Å². The summed E-state index contributed by atoms with van der Waals surface area (Å²) in [7, 11) is 4.30. The predicted molar refractivity (Wildman–Crippen MR) is 148 cm³/mol. The molecule has 1 aromatic carbocycles. The maximum atomic E-state index is 14.6. The summed E-state index contributed by atoms with van der Waals surface area (Å²) in [5.41, 5.74) is 3.14. The van der Waals surface area contributed by atoms with Crippen molar-refractivity contribution in [2.24, 2.45) is 17.3 Å². The standard InChI is InChI=1S/C30H44N4OS/c1-33(2)29-32-25-14-9-16-30(27(25)36-29)20-31-19-24(30)28(35)34-17-15-23(21-10-5-3-6-11-21)18-26(34)22-12-7-4-8-13-22/h3,5-6,10-11,22-24,26,29,31-32H,4,7-9,12-20H2,1-2H3/t23-,24+,26+,29?,30-/m1/s1. The van der Waals surface area contributed by atoms with Gasteiger partial charge >= 0.3 is 0 Å². The van der Waals surface area contributed by atoms with Crippen LogP contribution in [0.15, 0.2) is 40.9 Å². The van der Waals surface area contributed by atoms with Gasteiger partial charge in [0.2, 0.25) is 5.91 Å². The number of nitrogens with one attached hydrogen (secondary N) is 2. The number of allylic oxidation sites excluding steroid dienone is 1. The largest absolute Gasteiger partial charge is 0.364 e. The molecule has 6 rings (SSSR count). The van der Waals surface area contributed by atoms with Crippen LogP contribution < -0.4 is 10.6 Å². The Balaban J connectivity index is 1.27. The fraction of sp³-hybridized carbons (Fsp3) is 0.700. The van der Waals surface area contributed by atoms with E-state index in [2.05, 4.69) is 64.9 Å². The first-order valence-electron chi connectivity index (χ1n) is 14.5. The highest BCUT2D eigenvalue weighted by Crippen LogP contribution is 2.56. The van der Waals surface area contributed by atoms with Crippen molar-refractivity contribution in [2.75, 3.05) is 33.7 Å². The molecule has 1 saturated carbocycles. The van der Waals surface area contributed by atoms with Gasteiger partial charge in [0.1, 0.15) is 5.50 Å². The number of benzene rings is 1. The number of carbonyl (C=O) groups is 1. The lowest BCUT2D eigenvalue weighted by molar-refractivity contribution is -0.143. The van der Waals surface area contributed by atoms with E-state index in [1.807, 2.05) is 11.8 Å². The highest BCUT2D eigenvalue weighted by molar-refractivity contribution is 8.03. The van der Waals surface area contributed by atoms with Gasteiger partial charge in [0.25, 0.3) is 0 Å². The van der Waals surface area contributed by atoms with E-state index >= 15 is 0 Å². The van der Waals surface area contributed by atoms with Crippen molar-refractivity contribution in [3.8, 4) is 0 Å². The van der Waals surface area contributed by atoms with Gasteiger partial charge in [-0.15, -0.1) is 0 Å². The minimum absolute atomic E-state index is 0.0273. The number of likely N-dealkylation sites (tertiary alicyclic amines) is 1. The van der Waals surface area contributed by atoms with Gasteiger partial charge in [-0.1, -0.05) is 61.4 Å². The summed E-state index contributed by atoms with van der Waals surface area (Å²) in [4.78, 5) is 20.8. The quantitative estimate of drug-likeness (QED) is 0.591. The van der Waals surface area contributed by atoms with Crippen LogP contribution in [0.3, 0.4) is 0 Å². The first kappa shape index (κ1) is 24.8. The molecule has 36 heavy (non-hydrogen) atoms. The Morgan fingerprint density at radius 2 is 1.89 bits per heavy atom. The normalized spacial score (nSPS) is 35.4. The second-order valence-corrected chi connectivity index (χ2v) is 13.3. The maximum absolute atomic E-state index is 14.6. The Kier molecular flexibility index (Phi) is 7.13. The number of amides is 1. The molecule has 2 saturated heterocycles. The van der Waals surface area contributed by atoms with Gasteiger partial charge < -0.3 is 15.5 Å². The number of thioether (sulfide) groups is 1. The van der Waals surface area contributed by atoms with E-state index in [-0.39, 0.29) is 16.8 Å². The molecule has 1 spiro atoms. The van der Waals surface area contributed by atoms with Crippen LogP contribution >= 0.6 is 11.8 Å². The zero-order valence-electron chi connectivity index (χ0n) is 22.2. The van der Waals surface area contributed by atoms with Crippen molar-refractivity contribution in [3.05, 3.63) is 46.5 Å². The summed E-state index contributed by atoms with van der Waals surface area (Å²) in [5, 5.41) is 7.49. The SMILES string of the molecule is CN(C)C1NC2=C(S1)[C@]1(CCC2)CNC[C@H]1C(=O)N1CC[C@@H](c2ccccc2)C[C@H]1C1CCCCC1. The van der Waals surface area contributed by atoms with E-state index < -0.39 is 0 Å². The van der Waals surface area contributed by atoms with E-state index in [9.17, 15) is 4.79 Å². The molecule has 0 radical (unpaired) electrons. The van der Waals surface area contributed by atoms with Gasteiger partial charge in [0.15, 0.2) is 0 Å². The molecule has 2 aliphatic carbocycles. The Labute approximate surface area is 221 Å². The van der Waals surface area contributed by atoms with E-state index in [0.717, 1.165) is 45.3 Å². The van der Waals surface area contributed by atoms with Crippen LogP contribution in [-0.2, 0) is 4.79 Å². The summed E-state index contributed by atoms with van der Waals surface area (Å²) in [6.07, 6.45) is 12.3. The zero-order chi connectivity index (χ0) is 24.7. The summed E-state index contributed by atoms with van der Waals surface area (Å²) >= 11 is 1.98. The smallest absolute Gasteiger partial charge is 0.228 e. The lowest BCUT2D eigenvalue weighted by Crippen LogP contribution is -2.54. The van der Waals surface area contributed by atoms with Crippen LogP contribution in [0.2, 0.25) is 0 Å². The van der Waals surface area contributed by atoms with Crippen LogP contribution in [0.25, 0.3) is 0 Å². The molecule has 5 aliphatic rings. The molecule has 196 valence electrons. The third kappa shape index (κ3) is 4.41. The van der Waals surface area contributed by atoms with Crippen molar-refractivity contribution in [2.45, 2.75) is 81.7 Å². The predicted octanol–water partition coefficient (Wildman–Crippen LogP) is 5.12. The van der Waals surface area contributed by atoms with Gasteiger partial charge in [-0.05, 0) is 76.4 Å². The fourth-order valence-corrected chi connectivity index (χ4v) is 9.50. The molecule has 6 heteroatoms. The van der Waals surface area contributed by atoms with Crippen LogP contribution in [0.5, 0.6) is 0 Å². The molecule has 3 fully saturated rings. The average molecular weight is 509 g/mol. The van der Waals surface area contributed by atoms with Crippen molar-refractivity contribution in [3.63, 3.8) is 0 Å². The Bertz CT molecular complexity index is 974. The van der Waals surface area contributed by atoms with Crippen molar-refractivity contribution >= 4 is 17.7 Å². The van der Waals surface area contributed by atoms with Gasteiger partial charge in [-0.25, -0.2) is 0 Å². The molecule has 1 amide bonds. The monoisotopic (exact) mass is 508 g/mol. The highest BCUT2D eigenvalue weighted by Gasteiger charge is 2.55. The van der Waals surface area contributed by atoms with E-state index in [1.54, 1.807) is 0 Å². The number of hydrogen-bond donors (Lipinski definition) is 2. The lowest BCUT2D eigenvalue weighted by Gasteiger charge is -2.48.